The Morgan fingerprint density at radius 3 is 3.06 bits per heavy atom. The van der Waals surface area contributed by atoms with Gasteiger partial charge in [-0.2, -0.15) is 0 Å². The summed E-state index contributed by atoms with van der Waals surface area (Å²) in [5.41, 5.74) is -0.327. The fraction of sp³-hybridized carbons (Fsp3) is 0.545. The standard InChI is InChI=1S/C11H13ClN4O2/c12-9-10(13-6-14-11(9)18)15-3-4-16-7(5-15)1-2-8(16)17/h6-7H,1-5H2,(H,13,14,18). The molecule has 1 N–H and O–H groups in total. The van der Waals surface area contributed by atoms with E-state index in [1.54, 1.807) is 0 Å². The molecule has 0 spiro atoms. The van der Waals surface area contributed by atoms with Gasteiger partial charge < -0.3 is 14.8 Å². The van der Waals surface area contributed by atoms with Gasteiger partial charge in [0.15, 0.2) is 5.82 Å². The number of aromatic nitrogens is 2. The van der Waals surface area contributed by atoms with Gasteiger partial charge in [0.05, 0.1) is 6.33 Å². The number of rotatable bonds is 1. The zero-order valence-electron chi connectivity index (χ0n) is 9.73. The minimum Gasteiger partial charge on any atom is -0.351 e. The highest BCUT2D eigenvalue weighted by molar-refractivity contribution is 6.32. The van der Waals surface area contributed by atoms with Crippen LogP contribution in [0.15, 0.2) is 11.1 Å². The Labute approximate surface area is 109 Å². The second-order valence-electron chi connectivity index (χ2n) is 4.59. The summed E-state index contributed by atoms with van der Waals surface area (Å²) in [4.78, 5) is 33.5. The molecule has 3 rings (SSSR count). The lowest BCUT2D eigenvalue weighted by atomic mass is 10.1. The Hall–Kier alpha value is -1.56. The summed E-state index contributed by atoms with van der Waals surface area (Å²) >= 11 is 5.97. The second kappa shape index (κ2) is 4.28. The van der Waals surface area contributed by atoms with E-state index < -0.39 is 0 Å². The van der Waals surface area contributed by atoms with Crippen molar-refractivity contribution in [2.24, 2.45) is 0 Å². The molecule has 6 nitrogen and oxygen atoms in total. The fourth-order valence-corrected chi connectivity index (χ4v) is 2.87. The number of anilines is 1. The van der Waals surface area contributed by atoms with Crippen molar-refractivity contribution in [1.82, 2.24) is 14.9 Å². The number of aromatic amines is 1. The first-order valence-electron chi connectivity index (χ1n) is 5.94. The number of piperazine rings is 1. The van der Waals surface area contributed by atoms with Crippen molar-refractivity contribution in [2.75, 3.05) is 24.5 Å². The van der Waals surface area contributed by atoms with Crippen LogP contribution in [0.5, 0.6) is 0 Å². The van der Waals surface area contributed by atoms with Gasteiger partial charge in [-0.15, -0.1) is 0 Å². The highest BCUT2D eigenvalue weighted by Gasteiger charge is 2.36. The molecule has 2 aliphatic heterocycles. The highest BCUT2D eigenvalue weighted by Crippen LogP contribution is 2.27. The van der Waals surface area contributed by atoms with Crippen LogP contribution in [0, 0.1) is 0 Å². The largest absolute Gasteiger partial charge is 0.351 e. The zero-order valence-corrected chi connectivity index (χ0v) is 10.5. The van der Waals surface area contributed by atoms with Crippen molar-refractivity contribution in [2.45, 2.75) is 18.9 Å². The SMILES string of the molecule is O=C1CCC2CN(c3nc[nH]c(=O)c3Cl)CCN12. The van der Waals surface area contributed by atoms with Crippen molar-refractivity contribution < 1.29 is 4.79 Å². The summed E-state index contributed by atoms with van der Waals surface area (Å²) in [6.07, 6.45) is 2.85. The molecule has 3 heterocycles. The van der Waals surface area contributed by atoms with Gasteiger partial charge in [-0.25, -0.2) is 4.98 Å². The van der Waals surface area contributed by atoms with E-state index in [2.05, 4.69) is 9.97 Å². The number of hydrogen-bond acceptors (Lipinski definition) is 4. The lowest BCUT2D eigenvalue weighted by molar-refractivity contribution is -0.129. The Morgan fingerprint density at radius 1 is 1.39 bits per heavy atom. The molecular weight excluding hydrogens is 256 g/mol. The lowest BCUT2D eigenvalue weighted by Crippen LogP contribution is -2.52. The van der Waals surface area contributed by atoms with Crippen molar-refractivity contribution in [3.8, 4) is 0 Å². The van der Waals surface area contributed by atoms with Gasteiger partial charge in [0.25, 0.3) is 5.56 Å². The lowest BCUT2D eigenvalue weighted by Gasteiger charge is -2.38. The third-order valence-electron chi connectivity index (χ3n) is 3.57. The average Bonchev–Trinajstić information content (AvgIpc) is 2.74. The maximum Gasteiger partial charge on any atom is 0.271 e. The van der Waals surface area contributed by atoms with Crippen molar-refractivity contribution >= 4 is 23.3 Å². The summed E-state index contributed by atoms with van der Waals surface area (Å²) in [6.45, 7) is 2.04. The molecule has 2 saturated heterocycles. The van der Waals surface area contributed by atoms with Gasteiger partial charge >= 0.3 is 0 Å². The quantitative estimate of drug-likeness (QED) is 0.792. The summed E-state index contributed by atoms with van der Waals surface area (Å²) in [7, 11) is 0. The smallest absolute Gasteiger partial charge is 0.271 e. The van der Waals surface area contributed by atoms with E-state index in [4.69, 9.17) is 11.6 Å². The van der Waals surface area contributed by atoms with Gasteiger partial charge in [0.1, 0.15) is 5.02 Å². The third kappa shape index (κ3) is 1.77. The zero-order chi connectivity index (χ0) is 12.7. The van der Waals surface area contributed by atoms with E-state index in [-0.39, 0.29) is 22.5 Å². The minimum atomic E-state index is -0.327. The number of carbonyl (C=O) groups is 1. The molecule has 0 bridgehead atoms. The van der Waals surface area contributed by atoms with E-state index in [9.17, 15) is 9.59 Å². The number of nitrogens with one attached hydrogen (secondary N) is 1. The molecule has 1 aromatic heterocycles. The Kier molecular flexibility index (Phi) is 2.74. The molecule has 1 atom stereocenters. The van der Waals surface area contributed by atoms with Crippen molar-refractivity contribution in [1.29, 1.82) is 0 Å². The molecule has 0 saturated carbocycles. The van der Waals surface area contributed by atoms with Gasteiger partial charge in [-0.1, -0.05) is 11.6 Å². The Bertz CT molecular complexity index is 544. The maximum absolute atomic E-state index is 11.6. The topological polar surface area (TPSA) is 69.3 Å². The molecule has 0 aromatic carbocycles. The number of H-pyrrole nitrogens is 1. The second-order valence-corrected chi connectivity index (χ2v) is 4.97. The van der Waals surface area contributed by atoms with E-state index in [0.29, 0.717) is 31.9 Å². The Balaban J connectivity index is 1.85. The van der Waals surface area contributed by atoms with E-state index in [1.807, 2.05) is 9.80 Å². The molecule has 2 fully saturated rings. The van der Waals surface area contributed by atoms with Crippen LogP contribution >= 0.6 is 11.6 Å². The molecule has 1 amide bonds. The van der Waals surface area contributed by atoms with Crippen LogP contribution in [-0.2, 0) is 4.79 Å². The van der Waals surface area contributed by atoms with Crippen LogP contribution in [0.2, 0.25) is 5.02 Å². The molecule has 2 aliphatic rings. The molecule has 18 heavy (non-hydrogen) atoms. The summed E-state index contributed by atoms with van der Waals surface area (Å²) in [6, 6.07) is 0.225. The number of fused-ring (bicyclic) bond motifs is 1. The maximum atomic E-state index is 11.6. The number of nitrogens with zero attached hydrogens (tertiary/aromatic N) is 3. The average molecular weight is 269 g/mol. The first-order chi connectivity index (χ1) is 8.66. The van der Waals surface area contributed by atoms with Gasteiger partial charge in [-0.3, -0.25) is 9.59 Å². The number of amides is 1. The third-order valence-corrected chi connectivity index (χ3v) is 3.91. The van der Waals surface area contributed by atoms with E-state index in [1.165, 1.54) is 6.33 Å². The molecule has 1 aromatic rings. The van der Waals surface area contributed by atoms with Crippen LogP contribution in [0.25, 0.3) is 0 Å². The molecule has 1 unspecified atom stereocenters. The number of carbonyl (C=O) groups excluding carboxylic acids is 1. The van der Waals surface area contributed by atoms with Crippen LogP contribution in [0.4, 0.5) is 5.82 Å². The fourth-order valence-electron chi connectivity index (χ4n) is 2.65. The molecule has 0 aliphatic carbocycles. The predicted octanol–water partition coefficient (Wildman–Crippen LogP) is 0.234. The first-order valence-corrected chi connectivity index (χ1v) is 6.32. The minimum absolute atomic E-state index is 0.121. The van der Waals surface area contributed by atoms with Crippen molar-refractivity contribution in [3.63, 3.8) is 0 Å². The summed E-state index contributed by atoms with van der Waals surface area (Å²) < 4.78 is 0. The van der Waals surface area contributed by atoms with E-state index >= 15 is 0 Å². The molecule has 0 radical (unpaired) electrons. The molecule has 96 valence electrons. The Morgan fingerprint density at radius 2 is 2.22 bits per heavy atom. The highest BCUT2D eigenvalue weighted by atomic mass is 35.5. The van der Waals surface area contributed by atoms with Crippen LogP contribution in [0.3, 0.4) is 0 Å². The molecule has 7 heteroatoms. The van der Waals surface area contributed by atoms with Gasteiger partial charge in [0.2, 0.25) is 5.91 Å². The van der Waals surface area contributed by atoms with Crippen LogP contribution in [-0.4, -0.2) is 46.5 Å². The normalized spacial score (nSPS) is 23.4. The van der Waals surface area contributed by atoms with E-state index in [0.717, 1.165) is 6.42 Å². The monoisotopic (exact) mass is 268 g/mol. The van der Waals surface area contributed by atoms with Crippen LogP contribution in [0.1, 0.15) is 12.8 Å². The van der Waals surface area contributed by atoms with Gasteiger partial charge in [-0.05, 0) is 6.42 Å². The first kappa shape index (κ1) is 11.5. The summed E-state index contributed by atoms with van der Waals surface area (Å²) in [5.74, 6) is 0.740. The van der Waals surface area contributed by atoms with Crippen molar-refractivity contribution in [3.05, 3.63) is 21.7 Å². The summed E-state index contributed by atoms with van der Waals surface area (Å²) in [5, 5.41) is 0.121. The predicted molar refractivity (Wildman–Crippen MR) is 66.8 cm³/mol. The molecular formula is C11H13ClN4O2. The van der Waals surface area contributed by atoms with Crippen LogP contribution < -0.4 is 10.5 Å². The number of hydrogen-bond donors (Lipinski definition) is 1. The van der Waals surface area contributed by atoms with Gasteiger partial charge in [0, 0.05) is 32.1 Å². The number of halogens is 1.